The molecule has 0 bridgehead atoms. The van der Waals surface area contributed by atoms with E-state index in [1.165, 1.54) is 16.7 Å². The smallest absolute Gasteiger partial charge is 0.101 e. The Bertz CT molecular complexity index is 265. The fraction of sp³-hybridized carbons (Fsp3) is 0.600. The van der Waals surface area contributed by atoms with Gasteiger partial charge in [-0.2, -0.15) is 0 Å². The van der Waals surface area contributed by atoms with E-state index in [1.807, 2.05) is 6.92 Å². The van der Waals surface area contributed by atoms with E-state index in [0.717, 1.165) is 25.7 Å². The molecule has 0 saturated carbocycles. The third kappa shape index (κ3) is 9.72. The van der Waals surface area contributed by atoms with Crippen LogP contribution >= 0.6 is 0 Å². The Labute approximate surface area is 101 Å². The highest BCUT2D eigenvalue weighted by Crippen LogP contribution is 2.11. The van der Waals surface area contributed by atoms with Crippen LogP contribution in [0.5, 0.6) is 0 Å². The fourth-order valence-corrected chi connectivity index (χ4v) is 1.48. The molecule has 0 atom stereocenters. The average Bonchev–Trinajstić information content (AvgIpc) is 2.17. The van der Waals surface area contributed by atoms with Crippen LogP contribution in [-0.4, -0.2) is 6.61 Å². The van der Waals surface area contributed by atoms with Gasteiger partial charge in [-0.3, -0.25) is 0 Å². The standard InChI is InChI=1S/C15H25O/c1-13(2)7-5-8-14(3)9-6-10-15(4)11-12-16/h7,9,11H,5-6,8,10,12H2,1-4H3. The van der Waals surface area contributed by atoms with Crippen LogP contribution in [0.3, 0.4) is 0 Å². The Balaban J connectivity index is 3.79. The van der Waals surface area contributed by atoms with E-state index >= 15 is 0 Å². The first-order chi connectivity index (χ1) is 7.56. The van der Waals surface area contributed by atoms with E-state index in [9.17, 15) is 5.11 Å². The molecule has 1 nitrogen and oxygen atoms in total. The van der Waals surface area contributed by atoms with Crippen LogP contribution < -0.4 is 0 Å². The molecule has 0 fully saturated rings. The van der Waals surface area contributed by atoms with Gasteiger partial charge in [-0.1, -0.05) is 34.9 Å². The molecule has 91 valence electrons. The number of rotatable bonds is 7. The molecule has 0 N–H and O–H groups in total. The second-order valence-electron chi connectivity index (χ2n) is 4.63. The predicted octanol–water partition coefficient (Wildman–Crippen LogP) is 4.84. The first-order valence-corrected chi connectivity index (χ1v) is 6.09. The van der Waals surface area contributed by atoms with E-state index in [2.05, 4.69) is 32.9 Å². The van der Waals surface area contributed by atoms with Crippen LogP contribution in [0, 0.1) is 0 Å². The molecule has 0 saturated heterocycles. The molecule has 0 aliphatic rings. The normalized spacial score (nSPS) is 12.8. The molecule has 1 heteroatoms. The zero-order chi connectivity index (χ0) is 12.4. The molecule has 0 heterocycles. The molecule has 0 aromatic heterocycles. The zero-order valence-electron chi connectivity index (χ0n) is 11.2. The monoisotopic (exact) mass is 221 g/mol. The van der Waals surface area contributed by atoms with Crippen molar-refractivity contribution in [3.8, 4) is 0 Å². The minimum Gasteiger partial charge on any atom is -0.232 e. The quantitative estimate of drug-likeness (QED) is 0.548. The molecule has 0 aromatic rings. The maximum atomic E-state index is 10.3. The van der Waals surface area contributed by atoms with Crippen molar-refractivity contribution >= 4 is 0 Å². The molecule has 0 spiro atoms. The molecule has 0 amide bonds. The molecule has 1 radical (unpaired) electrons. The van der Waals surface area contributed by atoms with E-state index in [1.54, 1.807) is 6.08 Å². The van der Waals surface area contributed by atoms with Gasteiger partial charge in [0.2, 0.25) is 0 Å². The largest absolute Gasteiger partial charge is 0.232 e. The van der Waals surface area contributed by atoms with E-state index in [0.29, 0.717) is 0 Å². The van der Waals surface area contributed by atoms with Crippen molar-refractivity contribution in [3.63, 3.8) is 0 Å². The minimum absolute atomic E-state index is 0.0882. The maximum Gasteiger partial charge on any atom is 0.101 e. The molecule has 0 rings (SSSR count). The average molecular weight is 221 g/mol. The van der Waals surface area contributed by atoms with Crippen molar-refractivity contribution in [2.24, 2.45) is 0 Å². The number of hydrogen-bond acceptors (Lipinski definition) is 0. The molecule has 0 aliphatic carbocycles. The van der Waals surface area contributed by atoms with Crippen LogP contribution in [-0.2, 0) is 5.11 Å². The summed E-state index contributed by atoms with van der Waals surface area (Å²) in [5, 5.41) is 10.3. The Morgan fingerprint density at radius 3 is 1.81 bits per heavy atom. The highest BCUT2D eigenvalue weighted by Gasteiger charge is 1.91. The highest BCUT2D eigenvalue weighted by atomic mass is 16.2. The van der Waals surface area contributed by atoms with Gasteiger partial charge in [-0.05, 0) is 53.4 Å². The third-order valence-corrected chi connectivity index (χ3v) is 2.55. The van der Waals surface area contributed by atoms with Crippen LogP contribution in [0.25, 0.3) is 0 Å². The topological polar surface area (TPSA) is 19.9 Å². The summed E-state index contributed by atoms with van der Waals surface area (Å²) in [7, 11) is 0. The van der Waals surface area contributed by atoms with Gasteiger partial charge in [0.1, 0.15) is 6.61 Å². The summed E-state index contributed by atoms with van der Waals surface area (Å²) in [5.74, 6) is 0. The van der Waals surface area contributed by atoms with Crippen LogP contribution in [0.1, 0.15) is 53.4 Å². The lowest BCUT2D eigenvalue weighted by Crippen LogP contribution is -1.82. The van der Waals surface area contributed by atoms with Crippen molar-refractivity contribution in [1.82, 2.24) is 0 Å². The fourth-order valence-electron chi connectivity index (χ4n) is 1.48. The summed E-state index contributed by atoms with van der Waals surface area (Å²) in [6.45, 7) is 8.40. The molecular formula is C15H25O. The van der Waals surface area contributed by atoms with E-state index in [-0.39, 0.29) is 6.61 Å². The third-order valence-electron chi connectivity index (χ3n) is 2.55. The number of allylic oxidation sites excluding steroid dienone is 5. The van der Waals surface area contributed by atoms with E-state index in [4.69, 9.17) is 0 Å². The van der Waals surface area contributed by atoms with Gasteiger partial charge >= 0.3 is 0 Å². The summed E-state index contributed by atoms with van der Waals surface area (Å²) in [6, 6.07) is 0. The zero-order valence-corrected chi connectivity index (χ0v) is 11.2. The SMILES string of the molecule is CC(C)=CCCC(C)=CCCC(C)=CC[O]. The summed E-state index contributed by atoms with van der Waals surface area (Å²) < 4.78 is 0. The van der Waals surface area contributed by atoms with Gasteiger partial charge in [0.15, 0.2) is 0 Å². The van der Waals surface area contributed by atoms with Crippen LogP contribution in [0.15, 0.2) is 34.9 Å². The van der Waals surface area contributed by atoms with Crippen molar-refractivity contribution < 1.29 is 5.11 Å². The lowest BCUT2D eigenvalue weighted by atomic mass is 10.1. The maximum absolute atomic E-state index is 10.3. The second-order valence-corrected chi connectivity index (χ2v) is 4.63. The van der Waals surface area contributed by atoms with Crippen molar-refractivity contribution in [2.75, 3.05) is 6.61 Å². The Hall–Kier alpha value is -0.820. The lowest BCUT2D eigenvalue weighted by Gasteiger charge is -2.00. The van der Waals surface area contributed by atoms with Crippen LogP contribution in [0.2, 0.25) is 0 Å². The van der Waals surface area contributed by atoms with Crippen molar-refractivity contribution in [1.29, 1.82) is 0 Å². The Morgan fingerprint density at radius 1 is 0.812 bits per heavy atom. The van der Waals surface area contributed by atoms with Crippen LogP contribution in [0.4, 0.5) is 0 Å². The molecule has 0 aromatic carbocycles. The predicted molar refractivity (Wildman–Crippen MR) is 71.0 cm³/mol. The Morgan fingerprint density at radius 2 is 1.31 bits per heavy atom. The molecule has 0 unspecified atom stereocenters. The van der Waals surface area contributed by atoms with Gasteiger partial charge < -0.3 is 0 Å². The van der Waals surface area contributed by atoms with Crippen molar-refractivity contribution in [3.05, 3.63) is 34.9 Å². The van der Waals surface area contributed by atoms with Gasteiger partial charge in [0, 0.05) is 0 Å². The molecular weight excluding hydrogens is 196 g/mol. The summed E-state index contributed by atoms with van der Waals surface area (Å²) >= 11 is 0. The molecule has 16 heavy (non-hydrogen) atoms. The van der Waals surface area contributed by atoms with Gasteiger partial charge in [0.25, 0.3) is 0 Å². The summed E-state index contributed by atoms with van der Waals surface area (Å²) in [5.41, 5.74) is 4.05. The second kappa shape index (κ2) is 9.41. The minimum atomic E-state index is -0.0882. The van der Waals surface area contributed by atoms with Gasteiger partial charge in [-0.15, -0.1) is 0 Å². The van der Waals surface area contributed by atoms with Gasteiger partial charge in [0.05, 0.1) is 0 Å². The van der Waals surface area contributed by atoms with Gasteiger partial charge in [-0.25, -0.2) is 5.11 Å². The Kier molecular flexibility index (Phi) is 8.93. The summed E-state index contributed by atoms with van der Waals surface area (Å²) in [4.78, 5) is 0. The van der Waals surface area contributed by atoms with Crippen molar-refractivity contribution in [2.45, 2.75) is 53.4 Å². The van der Waals surface area contributed by atoms with E-state index < -0.39 is 0 Å². The highest BCUT2D eigenvalue weighted by molar-refractivity contribution is 5.05. The summed E-state index contributed by atoms with van der Waals surface area (Å²) in [6.07, 6.45) is 10.7. The number of hydrogen-bond donors (Lipinski definition) is 0. The lowest BCUT2D eigenvalue weighted by molar-refractivity contribution is 0.231. The molecule has 0 aliphatic heterocycles. The first kappa shape index (κ1) is 15.2. The first-order valence-electron chi connectivity index (χ1n) is 6.09.